The summed E-state index contributed by atoms with van der Waals surface area (Å²) in [6.07, 6.45) is 0. The number of primary sulfonamides is 1. The van der Waals surface area contributed by atoms with E-state index in [1.807, 2.05) is 6.92 Å². The molecule has 0 saturated heterocycles. The average Bonchev–Trinajstić information content (AvgIpc) is 2.59. The molecule has 0 spiro atoms. The lowest BCUT2D eigenvalue weighted by molar-refractivity contribution is -0.119. The van der Waals surface area contributed by atoms with Crippen molar-refractivity contribution in [1.29, 1.82) is 0 Å². The molecular formula is C17H18N2O6S. The van der Waals surface area contributed by atoms with Crippen molar-refractivity contribution in [3.05, 3.63) is 53.6 Å². The van der Waals surface area contributed by atoms with Gasteiger partial charge in [0.2, 0.25) is 10.0 Å². The van der Waals surface area contributed by atoms with E-state index in [0.717, 1.165) is 5.56 Å². The Morgan fingerprint density at radius 2 is 1.77 bits per heavy atom. The molecule has 0 aliphatic heterocycles. The number of rotatable bonds is 6. The van der Waals surface area contributed by atoms with Gasteiger partial charge in [0.05, 0.1) is 12.0 Å². The molecule has 2 aromatic carbocycles. The third-order valence-corrected chi connectivity index (χ3v) is 4.31. The first-order valence-corrected chi connectivity index (χ1v) is 9.00. The number of nitrogens with two attached hydrogens (primary N) is 1. The van der Waals surface area contributed by atoms with Gasteiger partial charge in [-0.15, -0.1) is 0 Å². The van der Waals surface area contributed by atoms with Crippen LogP contribution in [-0.2, 0) is 19.6 Å². The van der Waals surface area contributed by atoms with E-state index >= 15 is 0 Å². The minimum Gasteiger partial charge on any atom is -0.496 e. The lowest BCUT2D eigenvalue weighted by Crippen LogP contribution is -2.21. The Morgan fingerprint density at radius 1 is 1.12 bits per heavy atom. The average molecular weight is 378 g/mol. The van der Waals surface area contributed by atoms with Crippen LogP contribution in [0.25, 0.3) is 0 Å². The van der Waals surface area contributed by atoms with Gasteiger partial charge in [-0.25, -0.2) is 18.4 Å². The summed E-state index contributed by atoms with van der Waals surface area (Å²) in [4.78, 5) is 23.9. The van der Waals surface area contributed by atoms with E-state index in [4.69, 9.17) is 14.6 Å². The van der Waals surface area contributed by atoms with E-state index in [1.165, 1.54) is 31.4 Å². The van der Waals surface area contributed by atoms with Crippen LogP contribution in [0.4, 0.5) is 5.69 Å². The van der Waals surface area contributed by atoms with E-state index < -0.39 is 28.5 Å². The van der Waals surface area contributed by atoms with Gasteiger partial charge >= 0.3 is 5.97 Å². The van der Waals surface area contributed by atoms with Crippen LogP contribution < -0.4 is 15.2 Å². The highest BCUT2D eigenvalue weighted by Gasteiger charge is 2.16. The van der Waals surface area contributed by atoms with Gasteiger partial charge in [0, 0.05) is 5.69 Å². The van der Waals surface area contributed by atoms with Crippen molar-refractivity contribution >= 4 is 27.6 Å². The molecule has 1 amide bonds. The van der Waals surface area contributed by atoms with E-state index in [2.05, 4.69) is 5.32 Å². The Hall–Kier alpha value is -2.91. The maximum absolute atomic E-state index is 12.1. The monoisotopic (exact) mass is 378 g/mol. The fourth-order valence-electron chi connectivity index (χ4n) is 2.12. The van der Waals surface area contributed by atoms with Crippen LogP contribution in [-0.4, -0.2) is 34.0 Å². The van der Waals surface area contributed by atoms with E-state index in [-0.39, 0.29) is 10.5 Å². The van der Waals surface area contributed by atoms with Gasteiger partial charge in [0.1, 0.15) is 11.3 Å². The molecule has 0 aromatic heterocycles. The van der Waals surface area contributed by atoms with Gasteiger partial charge < -0.3 is 14.8 Å². The standard InChI is InChI=1S/C17H18N2O6S/c1-11-3-8-15(24-2)14(9-11)17(21)25-10-16(20)19-12-4-6-13(7-5-12)26(18,22)23/h3-9H,10H2,1-2H3,(H,19,20)(H2,18,22,23). The molecule has 0 aliphatic carbocycles. The minimum atomic E-state index is -3.80. The number of nitrogens with one attached hydrogen (secondary N) is 1. The number of amides is 1. The highest BCUT2D eigenvalue weighted by Crippen LogP contribution is 2.20. The predicted molar refractivity (Wildman–Crippen MR) is 94.5 cm³/mol. The number of carbonyl (C=O) groups excluding carboxylic acids is 2. The zero-order valence-electron chi connectivity index (χ0n) is 14.2. The van der Waals surface area contributed by atoms with Crippen LogP contribution in [0.1, 0.15) is 15.9 Å². The Balaban J connectivity index is 1.96. The van der Waals surface area contributed by atoms with Crippen LogP contribution >= 0.6 is 0 Å². The molecule has 2 aromatic rings. The summed E-state index contributed by atoms with van der Waals surface area (Å²) in [6, 6.07) is 10.3. The Labute approximate surface area is 151 Å². The second-order valence-electron chi connectivity index (χ2n) is 5.40. The highest BCUT2D eigenvalue weighted by atomic mass is 32.2. The number of sulfonamides is 1. The molecule has 0 radical (unpaired) electrons. The zero-order valence-corrected chi connectivity index (χ0v) is 15.0. The van der Waals surface area contributed by atoms with Crippen molar-refractivity contribution in [1.82, 2.24) is 0 Å². The SMILES string of the molecule is COc1ccc(C)cc1C(=O)OCC(=O)Nc1ccc(S(N)(=O)=O)cc1. The summed E-state index contributed by atoms with van der Waals surface area (Å²) in [7, 11) is -2.37. The fourth-order valence-corrected chi connectivity index (χ4v) is 2.63. The van der Waals surface area contributed by atoms with Gasteiger partial charge in [0.15, 0.2) is 6.61 Å². The Kier molecular flexibility index (Phi) is 5.96. The van der Waals surface area contributed by atoms with Crippen molar-refractivity contribution in [3.8, 4) is 5.75 Å². The van der Waals surface area contributed by atoms with Gasteiger partial charge in [-0.1, -0.05) is 11.6 Å². The summed E-state index contributed by atoms with van der Waals surface area (Å²) >= 11 is 0. The van der Waals surface area contributed by atoms with Gasteiger partial charge in [-0.3, -0.25) is 4.79 Å². The summed E-state index contributed by atoms with van der Waals surface area (Å²) in [5.41, 5.74) is 1.40. The zero-order chi connectivity index (χ0) is 19.3. The quantitative estimate of drug-likeness (QED) is 0.733. The molecule has 8 nitrogen and oxygen atoms in total. The second kappa shape index (κ2) is 7.98. The van der Waals surface area contributed by atoms with Crippen LogP contribution in [0, 0.1) is 6.92 Å². The maximum Gasteiger partial charge on any atom is 0.342 e. The molecule has 26 heavy (non-hydrogen) atoms. The molecule has 0 atom stereocenters. The molecule has 9 heteroatoms. The predicted octanol–water partition coefficient (Wildman–Crippen LogP) is 1.45. The molecule has 0 aliphatic rings. The van der Waals surface area contributed by atoms with Crippen molar-refractivity contribution in [2.24, 2.45) is 5.14 Å². The van der Waals surface area contributed by atoms with Crippen molar-refractivity contribution < 1.29 is 27.5 Å². The number of carbonyl (C=O) groups is 2. The largest absolute Gasteiger partial charge is 0.496 e. The van der Waals surface area contributed by atoms with Crippen LogP contribution in [0.15, 0.2) is 47.4 Å². The maximum atomic E-state index is 12.1. The molecular weight excluding hydrogens is 360 g/mol. The highest BCUT2D eigenvalue weighted by molar-refractivity contribution is 7.89. The Morgan fingerprint density at radius 3 is 2.35 bits per heavy atom. The van der Waals surface area contributed by atoms with Crippen molar-refractivity contribution in [2.75, 3.05) is 19.0 Å². The molecule has 0 unspecified atom stereocenters. The Bertz CT molecular complexity index is 923. The molecule has 3 N–H and O–H groups in total. The number of aryl methyl sites for hydroxylation is 1. The first-order chi connectivity index (χ1) is 12.2. The number of ether oxygens (including phenoxy) is 2. The topological polar surface area (TPSA) is 125 Å². The molecule has 0 fully saturated rings. The molecule has 0 saturated carbocycles. The number of anilines is 1. The van der Waals surface area contributed by atoms with E-state index in [1.54, 1.807) is 18.2 Å². The van der Waals surface area contributed by atoms with E-state index in [9.17, 15) is 18.0 Å². The summed E-state index contributed by atoms with van der Waals surface area (Å²) in [5.74, 6) is -0.918. The van der Waals surface area contributed by atoms with Crippen molar-refractivity contribution in [2.45, 2.75) is 11.8 Å². The first-order valence-electron chi connectivity index (χ1n) is 7.45. The first kappa shape index (κ1) is 19.4. The molecule has 138 valence electrons. The molecule has 0 bridgehead atoms. The lowest BCUT2D eigenvalue weighted by Gasteiger charge is -2.10. The summed E-state index contributed by atoms with van der Waals surface area (Å²) in [5, 5.41) is 7.48. The lowest BCUT2D eigenvalue weighted by atomic mass is 10.1. The fraction of sp³-hybridized carbons (Fsp3) is 0.176. The third-order valence-electron chi connectivity index (χ3n) is 3.38. The van der Waals surface area contributed by atoms with Gasteiger partial charge in [-0.2, -0.15) is 0 Å². The van der Waals surface area contributed by atoms with Gasteiger partial charge in [0.25, 0.3) is 5.91 Å². The van der Waals surface area contributed by atoms with E-state index in [0.29, 0.717) is 11.4 Å². The smallest absolute Gasteiger partial charge is 0.342 e. The summed E-state index contributed by atoms with van der Waals surface area (Å²) in [6.45, 7) is 1.31. The van der Waals surface area contributed by atoms with Crippen LogP contribution in [0.2, 0.25) is 0 Å². The number of hydrogen-bond acceptors (Lipinski definition) is 6. The number of esters is 1. The van der Waals surface area contributed by atoms with Gasteiger partial charge in [-0.05, 0) is 43.3 Å². The molecule has 2 rings (SSSR count). The van der Waals surface area contributed by atoms with Crippen LogP contribution in [0.5, 0.6) is 5.75 Å². The number of methoxy groups -OCH3 is 1. The molecule has 0 heterocycles. The van der Waals surface area contributed by atoms with Crippen LogP contribution in [0.3, 0.4) is 0 Å². The number of hydrogen-bond donors (Lipinski definition) is 2. The number of benzene rings is 2. The summed E-state index contributed by atoms with van der Waals surface area (Å²) < 4.78 is 32.4. The normalized spacial score (nSPS) is 10.9. The third kappa shape index (κ3) is 5.04. The second-order valence-corrected chi connectivity index (χ2v) is 6.96. The van der Waals surface area contributed by atoms with Crippen molar-refractivity contribution in [3.63, 3.8) is 0 Å². The minimum absolute atomic E-state index is 0.0755.